The average Bonchev–Trinajstić information content (AvgIpc) is 3.16. The third kappa shape index (κ3) is 3.76. The molecule has 2 heterocycles. The second-order valence-electron chi connectivity index (χ2n) is 4.20. The highest BCUT2D eigenvalue weighted by molar-refractivity contribution is 8.00. The van der Waals surface area contributed by atoms with E-state index >= 15 is 0 Å². The Bertz CT molecular complexity index is 743. The molecule has 0 radical (unpaired) electrons. The van der Waals surface area contributed by atoms with Crippen LogP contribution in [0.2, 0.25) is 5.02 Å². The van der Waals surface area contributed by atoms with Gasteiger partial charge >= 0.3 is 0 Å². The molecule has 0 aliphatic heterocycles. The topological polar surface area (TPSA) is 76.7 Å². The Hall–Kier alpha value is -1.64. The van der Waals surface area contributed by atoms with Crippen LogP contribution in [0.15, 0.2) is 33.0 Å². The van der Waals surface area contributed by atoms with Crippen LogP contribution in [-0.2, 0) is 5.75 Å². The zero-order chi connectivity index (χ0) is 15.4. The van der Waals surface area contributed by atoms with Crippen molar-refractivity contribution in [3.05, 3.63) is 35.2 Å². The molecular formula is C13H12ClN5OS2. The van der Waals surface area contributed by atoms with Crippen LogP contribution in [0.1, 0.15) is 12.8 Å². The molecular weight excluding hydrogens is 342 g/mol. The molecule has 1 N–H and O–H groups in total. The number of anilines is 1. The van der Waals surface area contributed by atoms with Crippen LogP contribution >= 0.6 is 34.7 Å². The van der Waals surface area contributed by atoms with Crippen molar-refractivity contribution < 1.29 is 4.42 Å². The summed E-state index contributed by atoms with van der Waals surface area (Å²) in [5.41, 5.74) is 0.846. The maximum Gasteiger partial charge on any atom is 0.247 e. The smallest absolute Gasteiger partial charge is 0.247 e. The summed E-state index contributed by atoms with van der Waals surface area (Å²) in [5, 5.41) is 20.8. The van der Waals surface area contributed by atoms with E-state index in [1.165, 1.54) is 23.1 Å². The van der Waals surface area contributed by atoms with Gasteiger partial charge < -0.3 is 9.73 Å². The second kappa shape index (κ2) is 7.08. The van der Waals surface area contributed by atoms with Crippen LogP contribution in [0, 0.1) is 0 Å². The molecule has 0 saturated heterocycles. The Balaban J connectivity index is 1.62. The fourth-order valence-corrected chi connectivity index (χ4v) is 3.42. The van der Waals surface area contributed by atoms with Crippen molar-refractivity contribution in [3.8, 4) is 11.5 Å². The molecule has 0 aliphatic carbocycles. The van der Waals surface area contributed by atoms with Gasteiger partial charge in [-0.1, -0.05) is 34.7 Å². The summed E-state index contributed by atoms with van der Waals surface area (Å²) in [4.78, 5) is 0. The lowest BCUT2D eigenvalue weighted by Crippen LogP contribution is -1.94. The molecule has 3 aromatic rings. The third-order valence-electron chi connectivity index (χ3n) is 2.61. The Labute approximate surface area is 140 Å². The van der Waals surface area contributed by atoms with E-state index < -0.39 is 0 Å². The van der Waals surface area contributed by atoms with Gasteiger partial charge in [-0.2, -0.15) is 0 Å². The molecule has 2 aromatic heterocycles. The predicted octanol–water partition coefficient (Wildman–Crippen LogP) is 3.97. The van der Waals surface area contributed by atoms with Crippen LogP contribution in [0.5, 0.6) is 0 Å². The molecule has 0 amide bonds. The molecule has 0 spiro atoms. The summed E-state index contributed by atoms with van der Waals surface area (Å²) >= 11 is 8.88. The molecule has 6 nitrogen and oxygen atoms in total. The predicted molar refractivity (Wildman–Crippen MR) is 88.4 cm³/mol. The maximum atomic E-state index is 5.86. The van der Waals surface area contributed by atoms with Crippen molar-refractivity contribution in [1.29, 1.82) is 0 Å². The number of halogens is 1. The van der Waals surface area contributed by atoms with E-state index in [1.54, 1.807) is 12.1 Å². The van der Waals surface area contributed by atoms with E-state index in [4.69, 9.17) is 16.0 Å². The first-order chi connectivity index (χ1) is 10.7. The molecule has 22 heavy (non-hydrogen) atoms. The number of benzene rings is 1. The summed E-state index contributed by atoms with van der Waals surface area (Å²) in [7, 11) is 0. The molecule has 0 atom stereocenters. The lowest BCUT2D eigenvalue weighted by atomic mass is 10.2. The second-order valence-corrected chi connectivity index (χ2v) is 6.84. The monoisotopic (exact) mass is 353 g/mol. The number of nitrogens with zero attached hydrogens (tertiary/aromatic N) is 4. The Morgan fingerprint density at radius 3 is 2.77 bits per heavy atom. The fraction of sp³-hybridized carbons (Fsp3) is 0.231. The molecule has 3 rings (SSSR count). The van der Waals surface area contributed by atoms with Crippen molar-refractivity contribution in [3.63, 3.8) is 0 Å². The van der Waals surface area contributed by atoms with Crippen LogP contribution in [-0.4, -0.2) is 26.9 Å². The van der Waals surface area contributed by atoms with Crippen molar-refractivity contribution >= 4 is 39.8 Å². The highest BCUT2D eigenvalue weighted by atomic mass is 35.5. The molecule has 0 bridgehead atoms. The minimum atomic E-state index is 0.484. The third-order valence-corrected chi connectivity index (χ3v) is 4.86. The first kappa shape index (κ1) is 15.3. The van der Waals surface area contributed by atoms with Gasteiger partial charge in [-0.25, -0.2) is 0 Å². The van der Waals surface area contributed by atoms with E-state index in [0.717, 1.165) is 21.6 Å². The Morgan fingerprint density at radius 2 is 2.00 bits per heavy atom. The number of hydrogen-bond donors (Lipinski definition) is 1. The normalized spacial score (nSPS) is 10.8. The molecule has 1 aromatic carbocycles. The summed E-state index contributed by atoms with van der Waals surface area (Å²) in [6.45, 7) is 2.85. The van der Waals surface area contributed by atoms with Crippen molar-refractivity contribution in [2.24, 2.45) is 0 Å². The lowest BCUT2D eigenvalue weighted by Gasteiger charge is -1.94. The largest absolute Gasteiger partial charge is 0.420 e. The number of nitrogens with one attached hydrogen (secondary N) is 1. The number of thioether (sulfide) groups is 1. The molecule has 0 aliphatic rings. The minimum Gasteiger partial charge on any atom is -0.420 e. The van der Waals surface area contributed by atoms with Gasteiger partial charge in [0.1, 0.15) is 0 Å². The van der Waals surface area contributed by atoms with E-state index in [-0.39, 0.29) is 0 Å². The lowest BCUT2D eigenvalue weighted by molar-refractivity contribution is 0.528. The summed E-state index contributed by atoms with van der Waals surface area (Å²) in [6, 6.07) is 7.28. The summed E-state index contributed by atoms with van der Waals surface area (Å²) in [6.07, 6.45) is 0. The molecule has 0 fully saturated rings. The van der Waals surface area contributed by atoms with Crippen LogP contribution < -0.4 is 5.32 Å². The van der Waals surface area contributed by atoms with E-state index in [9.17, 15) is 0 Å². The van der Waals surface area contributed by atoms with E-state index in [2.05, 4.69) is 25.7 Å². The summed E-state index contributed by atoms with van der Waals surface area (Å²) < 4.78 is 6.50. The minimum absolute atomic E-state index is 0.484. The van der Waals surface area contributed by atoms with Gasteiger partial charge in [-0.3, -0.25) is 0 Å². The van der Waals surface area contributed by atoms with Crippen molar-refractivity contribution in [1.82, 2.24) is 20.4 Å². The first-order valence-corrected chi connectivity index (χ1v) is 8.71. The zero-order valence-corrected chi connectivity index (χ0v) is 14.0. The SMILES string of the molecule is CCNc1nnc(SCc2nnc(-c3ccc(Cl)cc3)o2)s1. The average molecular weight is 354 g/mol. The van der Waals surface area contributed by atoms with Crippen LogP contribution in [0.3, 0.4) is 0 Å². The summed E-state index contributed by atoms with van der Waals surface area (Å²) in [5.74, 6) is 1.59. The Morgan fingerprint density at radius 1 is 1.18 bits per heavy atom. The zero-order valence-electron chi connectivity index (χ0n) is 11.6. The highest BCUT2D eigenvalue weighted by Crippen LogP contribution is 2.29. The van der Waals surface area contributed by atoms with Gasteiger partial charge in [0.05, 0.1) is 5.75 Å². The van der Waals surface area contributed by atoms with E-state index in [1.807, 2.05) is 19.1 Å². The van der Waals surface area contributed by atoms with Crippen LogP contribution in [0.4, 0.5) is 5.13 Å². The number of hydrogen-bond acceptors (Lipinski definition) is 8. The number of aromatic nitrogens is 4. The first-order valence-electron chi connectivity index (χ1n) is 6.53. The van der Waals surface area contributed by atoms with Crippen molar-refractivity contribution in [2.75, 3.05) is 11.9 Å². The number of rotatable bonds is 6. The highest BCUT2D eigenvalue weighted by Gasteiger charge is 2.11. The van der Waals surface area contributed by atoms with Crippen LogP contribution in [0.25, 0.3) is 11.5 Å². The van der Waals surface area contributed by atoms with E-state index in [0.29, 0.717) is 22.6 Å². The van der Waals surface area contributed by atoms with Gasteiger partial charge in [0, 0.05) is 17.1 Å². The molecule has 0 saturated carbocycles. The quantitative estimate of drug-likeness (QED) is 0.672. The molecule has 114 valence electrons. The van der Waals surface area contributed by atoms with Gasteiger partial charge in [0.25, 0.3) is 0 Å². The Kier molecular flexibility index (Phi) is 4.91. The fourth-order valence-electron chi connectivity index (χ4n) is 1.64. The standard InChI is InChI=1S/C13H12ClN5OS2/c1-2-15-12-18-19-13(22-12)21-7-10-16-17-11(20-10)8-3-5-9(14)6-4-8/h3-6H,2,7H2,1H3,(H,15,18). The van der Waals surface area contributed by atoms with Crippen molar-refractivity contribution in [2.45, 2.75) is 17.0 Å². The maximum absolute atomic E-state index is 5.86. The van der Waals surface area contributed by atoms with Gasteiger partial charge in [0.15, 0.2) is 4.34 Å². The van der Waals surface area contributed by atoms with Gasteiger partial charge in [0.2, 0.25) is 16.9 Å². The van der Waals surface area contributed by atoms with Gasteiger partial charge in [-0.05, 0) is 31.2 Å². The molecule has 0 unspecified atom stereocenters. The molecule has 9 heteroatoms. The van der Waals surface area contributed by atoms with Gasteiger partial charge in [-0.15, -0.1) is 20.4 Å².